The van der Waals surface area contributed by atoms with Gasteiger partial charge in [-0.2, -0.15) is 0 Å². The molecular weight excluding hydrogens is 659 g/mol. The van der Waals surface area contributed by atoms with Gasteiger partial charge < -0.3 is 9.15 Å². The van der Waals surface area contributed by atoms with Gasteiger partial charge in [0.15, 0.2) is 0 Å². The fraction of sp³-hybridized carbons (Fsp3) is 0.0784. The summed E-state index contributed by atoms with van der Waals surface area (Å²) in [7, 11) is 0. The third kappa shape index (κ3) is 4.21. The van der Waals surface area contributed by atoms with Crippen LogP contribution in [0.15, 0.2) is 180 Å². The maximum absolute atomic E-state index is 7.04. The Balaban J connectivity index is 1.11. The number of para-hydroxylation sites is 3. The van der Waals surface area contributed by atoms with E-state index >= 15 is 0 Å². The highest BCUT2D eigenvalue weighted by molar-refractivity contribution is 6.09. The van der Waals surface area contributed by atoms with Gasteiger partial charge in [-0.25, -0.2) is 4.98 Å². The molecule has 2 aromatic heterocycles. The first kappa shape index (κ1) is 30.9. The van der Waals surface area contributed by atoms with Crippen molar-refractivity contribution in [1.82, 2.24) is 4.98 Å². The van der Waals surface area contributed by atoms with Gasteiger partial charge >= 0.3 is 0 Å². The quantitative estimate of drug-likeness (QED) is 0.184. The molecule has 2 aliphatic rings. The Morgan fingerprint density at radius 1 is 0.463 bits per heavy atom. The van der Waals surface area contributed by atoms with E-state index in [2.05, 4.69) is 178 Å². The summed E-state index contributed by atoms with van der Waals surface area (Å²) in [5, 5.41) is 2.21. The second kappa shape index (κ2) is 11.4. The third-order valence-corrected chi connectivity index (χ3v) is 12.1. The van der Waals surface area contributed by atoms with Crippen LogP contribution in [0.4, 0.5) is 0 Å². The van der Waals surface area contributed by atoms with Gasteiger partial charge in [-0.1, -0.05) is 140 Å². The summed E-state index contributed by atoms with van der Waals surface area (Å²) < 4.78 is 13.5. The van der Waals surface area contributed by atoms with Crippen molar-refractivity contribution in [1.29, 1.82) is 0 Å². The van der Waals surface area contributed by atoms with E-state index in [1.165, 1.54) is 38.9 Å². The molecule has 0 amide bonds. The minimum Gasteiger partial charge on any atom is -0.456 e. The maximum Gasteiger partial charge on any atom is 0.144 e. The molecule has 2 unspecified atom stereocenters. The summed E-state index contributed by atoms with van der Waals surface area (Å²) in [4.78, 5) is 5.29. The lowest BCUT2D eigenvalue weighted by Crippen LogP contribution is -2.30. The first-order valence-electron chi connectivity index (χ1n) is 18.6. The SMILES string of the molecule is CC1(c2ccccc2)c2ccccc2Oc2c1ccc1c2-c2ccc(-c3cccc(-c4cccc5c4oc4ccccc45)n3)cc2C1(C)c1ccccc1. The number of ether oxygens (including phenoxy) is 1. The molecule has 0 saturated heterocycles. The highest BCUT2D eigenvalue weighted by Gasteiger charge is 2.47. The largest absolute Gasteiger partial charge is 0.456 e. The van der Waals surface area contributed by atoms with Crippen molar-refractivity contribution in [2.45, 2.75) is 24.7 Å². The van der Waals surface area contributed by atoms with Crippen molar-refractivity contribution >= 4 is 21.9 Å². The standard InChI is InChI=1S/C51H35NO2/c1-50(33-15-5-3-6-16-33)39-22-10-12-26-46(39)54-49-41(50)30-29-40-47(49)37-28-27-32(31-42(37)51(40,2)34-17-7-4-8-18-34)43-23-14-24-44(52-43)38-21-13-20-36-35-19-9-11-25-45(35)53-48(36)38/h3-31H,1-2H3. The molecule has 1 aliphatic heterocycles. The van der Waals surface area contributed by atoms with E-state index < -0.39 is 10.8 Å². The lowest BCUT2D eigenvalue weighted by molar-refractivity contribution is 0.428. The van der Waals surface area contributed by atoms with Gasteiger partial charge in [-0.3, -0.25) is 0 Å². The second-order valence-electron chi connectivity index (χ2n) is 14.9. The normalized spacial score (nSPS) is 18.1. The molecule has 3 nitrogen and oxygen atoms in total. The van der Waals surface area contributed by atoms with E-state index in [9.17, 15) is 0 Å². The van der Waals surface area contributed by atoms with Crippen LogP contribution in [-0.4, -0.2) is 4.98 Å². The molecule has 0 radical (unpaired) electrons. The zero-order chi connectivity index (χ0) is 36.0. The minimum absolute atomic E-state index is 0.403. The molecule has 11 rings (SSSR count). The van der Waals surface area contributed by atoms with Crippen molar-refractivity contribution < 1.29 is 9.15 Å². The van der Waals surface area contributed by atoms with Crippen LogP contribution in [0.1, 0.15) is 47.2 Å². The van der Waals surface area contributed by atoms with Crippen LogP contribution in [0.5, 0.6) is 11.5 Å². The Labute approximate surface area is 314 Å². The average Bonchev–Trinajstić information content (AvgIpc) is 3.75. The molecule has 0 fully saturated rings. The highest BCUT2D eigenvalue weighted by Crippen LogP contribution is 2.61. The molecule has 7 aromatic carbocycles. The first-order valence-corrected chi connectivity index (χ1v) is 18.6. The van der Waals surface area contributed by atoms with E-state index in [1.54, 1.807) is 0 Å². The summed E-state index contributed by atoms with van der Waals surface area (Å²) >= 11 is 0. The number of aromatic nitrogens is 1. The average molecular weight is 694 g/mol. The first-order chi connectivity index (χ1) is 26.5. The number of rotatable bonds is 4. The molecule has 9 aromatic rings. The summed E-state index contributed by atoms with van der Waals surface area (Å²) in [5.74, 6) is 1.84. The van der Waals surface area contributed by atoms with Gasteiger partial charge in [0.05, 0.1) is 11.4 Å². The Morgan fingerprint density at radius 3 is 1.93 bits per heavy atom. The van der Waals surface area contributed by atoms with Gasteiger partial charge in [0, 0.05) is 49.4 Å². The van der Waals surface area contributed by atoms with E-state index in [1.807, 2.05) is 12.1 Å². The Hall–Kier alpha value is -6.71. The van der Waals surface area contributed by atoms with Crippen molar-refractivity contribution in [2.24, 2.45) is 0 Å². The molecule has 0 spiro atoms. The summed E-state index contributed by atoms with van der Waals surface area (Å²) in [6.45, 7) is 4.71. The predicted octanol–water partition coefficient (Wildman–Crippen LogP) is 13.1. The summed E-state index contributed by atoms with van der Waals surface area (Å²) in [5.41, 5.74) is 14.4. The number of furan rings is 1. The number of hydrogen-bond acceptors (Lipinski definition) is 3. The van der Waals surface area contributed by atoms with Gasteiger partial charge in [-0.05, 0) is 78.1 Å². The van der Waals surface area contributed by atoms with E-state index in [0.29, 0.717) is 0 Å². The number of benzene rings is 7. The Morgan fingerprint density at radius 2 is 1.11 bits per heavy atom. The smallest absolute Gasteiger partial charge is 0.144 e. The van der Waals surface area contributed by atoms with Crippen molar-refractivity contribution in [3.63, 3.8) is 0 Å². The van der Waals surface area contributed by atoms with E-state index in [-0.39, 0.29) is 0 Å². The lowest BCUT2D eigenvalue weighted by Gasteiger charge is -2.39. The Kier molecular flexibility index (Phi) is 6.51. The molecule has 256 valence electrons. The number of pyridine rings is 1. The minimum atomic E-state index is -0.433. The van der Waals surface area contributed by atoms with Crippen molar-refractivity contribution in [3.05, 3.63) is 209 Å². The molecule has 54 heavy (non-hydrogen) atoms. The predicted molar refractivity (Wildman–Crippen MR) is 218 cm³/mol. The monoisotopic (exact) mass is 693 g/mol. The van der Waals surface area contributed by atoms with Crippen molar-refractivity contribution in [2.75, 3.05) is 0 Å². The topological polar surface area (TPSA) is 35.3 Å². The fourth-order valence-corrected chi connectivity index (χ4v) is 9.33. The van der Waals surface area contributed by atoms with Gasteiger partial charge in [0.1, 0.15) is 22.7 Å². The van der Waals surface area contributed by atoms with Gasteiger partial charge in [0.25, 0.3) is 0 Å². The third-order valence-electron chi connectivity index (χ3n) is 12.1. The number of fused-ring (bicyclic) bond motifs is 9. The van der Waals surface area contributed by atoms with Gasteiger partial charge in [0.2, 0.25) is 0 Å². The fourth-order valence-electron chi connectivity index (χ4n) is 9.33. The summed E-state index contributed by atoms with van der Waals surface area (Å²) in [6.07, 6.45) is 0. The van der Waals surface area contributed by atoms with Gasteiger partial charge in [-0.15, -0.1) is 0 Å². The summed E-state index contributed by atoms with van der Waals surface area (Å²) in [6, 6.07) is 62.6. The lowest BCUT2D eigenvalue weighted by atomic mass is 9.68. The molecule has 0 saturated carbocycles. The van der Waals surface area contributed by atoms with Crippen LogP contribution >= 0.6 is 0 Å². The van der Waals surface area contributed by atoms with Crippen LogP contribution in [-0.2, 0) is 10.8 Å². The molecule has 3 heteroatoms. The maximum atomic E-state index is 7.04. The molecule has 0 N–H and O–H groups in total. The van der Waals surface area contributed by atoms with E-state index in [4.69, 9.17) is 14.1 Å². The van der Waals surface area contributed by atoms with Crippen LogP contribution in [0.2, 0.25) is 0 Å². The van der Waals surface area contributed by atoms with Crippen molar-refractivity contribution in [3.8, 4) is 45.1 Å². The molecule has 1 aliphatic carbocycles. The molecular formula is C51H35NO2. The zero-order valence-corrected chi connectivity index (χ0v) is 30.0. The van der Waals surface area contributed by atoms with Crippen LogP contribution < -0.4 is 4.74 Å². The van der Waals surface area contributed by atoms with Crippen LogP contribution in [0, 0.1) is 0 Å². The molecule has 2 atom stereocenters. The number of nitrogens with zero attached hydrogens (tertiary/aromatic N) is 1. The second-order valence-corrected chi connectivity index (χ2v) is 14.9. The number of hydrogen-bond donors (Lipinski definition) is 0. The molecule has 3 heterocycles. The highest BCUT2D eigenvalue weighted by atomic mass is 16.5. The van der Waals surface area contributed by atoms with Crippen LogP contribution in [0.25, 0.3) is 55.6 Å². The zero-order valence-electron chi connectivity index (χ0n) is 30.0. The Bertz CT molecular complexity index is 2940. The van der Waals surface area contributed by atoms with E-state index in [0.717, 1.165) is 61.5 Å². The van der Waals surface area contributed by atoms with Crippen LogP contribution in [0.3, 0.4) is 0 Å². The molecule has 0 bridgehead atoms.